The van der Waals surface area contributed by atoms with E-state index in [1.54, 1.807) is 0 Å². The molecule has 0 bridgehead atoms. The largest absolute Gasteiger partial charge is 0.360 e. The first-order valence-corrected chi connectivity index (χ1v) is 5.50. The van der Waals surface area contributed by atoms with Crippen molar-refractivity contribution < 1.29 is 4.79 Å². The first kappa shape index (κ1) is 11.0. The molecule has 3 N–H and O–H groups in total. The second-order valence-corrected chi connectivity index (χ2v) is 4.22. The van der Waals surface area contributed by atoms with Crippen LogP contribution >= 0.6 is 0 Å². The van der Waals surface area contributed by atoms with Gasteiger partial charge in [0.1, 0.15) is 0 Å². The summed E-state index contributed by atoms with van der Waals surface area (Å²) < 4.78 is 0. The Bertz CT molecular complexity index is 374. The quantitative estimate of drug-likeness (QED) is 0.750. The molecule has 4 heteroatoms. The van der Waals surface area contributed by atoms with Crippen LogP contribution in [0.15, 0.2) is 24.3 Å². The topological polar surface area (TPSA) is 58.4 Å². The van der Waals surface area contributed by atoms with Crippen molar-refractivity contribution in [1.82, 2.24) is 5.32 Å². The molecular formula is C12H17N3O. The molecule has 1 aromatic carbocycles. The van der Waals surface area contributed by atoms with Gasteiger partial charge in [0, 0.05) is 18.8 Å². The monoisotopic (exact) mass is 219 g/mol. The summed E-state index contributed by atoms with van der Waals surface area (Å²) in [4.78, 5) is 13.5. The Balaban J connectivity index is 2.14. The third-order valence-electron chi connectivity index (χ3n) is 2.82. The van der Waals surface area contributed by atoms with Gasteiger partial charge in [-0.15, -0.1) is 0 Å². The van der Waals surface area contributed by atoms with Crippen LogP contribution in [0.1, 0.15) is 5.56 Å². The molecule has 1 atom stereocenters. The van der Waals surface area contributed by atoms with Crippen molar-refractivity contribution >= 4 is 11.6 Å². The molecule has 1 aliphatic rings. The molecule has 1 amide bonds. The van der Waals surface area contributed by atoms with Gasteiger partial charge in [0.25, 0.3) is 0 Å². The van der Waals surface area contributed by atoms with E-state index in [4.69, 9.17) is 5.73 Å². The molecule has 4 nitrogen and oxygen atoms in total. The zero-order valence-electron chi connectivity index (χ0n) is 9.44. The van der Waals surface area contributed by atoms with Crippen LogP contribution in [0.4, 0.5) is 5.69 Å². The first-order chi connectivity index (χ1) is 7.69. The molecule has 1 saturated heterocycles. The summed E-state index contributed by atoms with van der Waals surface area (Å²) in [6.07, 6.45) is 0. The fourth-order valence-electron chi connectivity index (χ4n) is 1.91. The van der Waals surface area contributed by atoms with Crippen LogP contribution < -0.4 is 16.0 Å². The zero-order valence-corrected chi connectivity index (χ0v) is 9.44. The molecule has 2 rings (SSSR count). The summed E-state index contributed by atoms with van der Waals surface area (Å²) in [5, 5.41) is 2.87. The van der Waals surface area contributed by atoms with E-state index in [1.807, 2.05) is 12.1 Å². The number of carbonyl (C=O) groups is 1. The molecule has 0 saturated carbocycles. The van der Waals surface area contributed by atoms with Crippen LogP contribution in [0.3, 0.4) is 0 Å². The number of rotatable bonds is 2. The average molecular weight is 219 g/mol. The molecule has 0 radical (unpaired) electrons. The van der Waals surface area contributed by atoms with E-state index in [1.165, 1.54) is 5.56 Å². The Hall–Kier alpha value is -1.55. The van der Waals surface area contributed by atoms with Gasteiger partial charge < -0.3 is 16.0 Å². The van der Waals surface area contributed by atoms with Crippen molar-refractivity contribution in [3.8, 4) is 0 Å². The van der Waals surface area contributed by atoms with Gasteiger partial charge in [-0.05, 0) is 19.1 Å². The van der Waals surface area contributed by atoms with Crippen molar-refractivity contribution in [2.24, 2.45) is 5.73 Å². The van der Waals surface area contributed by atoms with E-state index in [-0.39, 0.29) is 11.9 Å². The van der Waals surface area contributed by atoms with E-state index in [2.05, 4.69) is 29.3 Å². The molecule has 1 aliphatic heterocycles. The minimum atomic E-state index is 0.0438. The Morgan fingerprint density at radius 2 is 2.12 bits per heavy atom. The normalized spacial score (nSPS) is 20.8. The van der Waals surface area contributed by atoms with Gasteiger partial charge in [-0.1, -0.05) is 17.7 Å². The minimum Gasteiger partial charge on any atom is -0.360 e. The van der Waals surface area contributed by atoms with Gasteiger partial charge in [-0.25, -0.2) is 0 Å². The number of carbonyl (C=O) groups excluding carboxylic acids is 1. The maximum Gasteiger partial charge on any atom is 0.239 e. The Morgan fingerprint density at radius 1 is 1.44 bits per heavy atom. The van der Waals surface area contributed by atoms with Crippen LogP contribution in [-0.2, 0) is 4.79 Å². The molecule has 1 unspecified atom stereocenters. The van der Waals surface area contributed by atoms with E-state index in [9.17, 15) is 4.79 Å². The summed E-state index contributed by atoms with van der Waals surface area (Å²) in [7, 11) is 0. The van der Waals surface area contributed by atoms with Gasteiger partial charge in [0.05, 0.1) is 12.6 Å². The zero-order chi connectivity index (χ0) is 11.5. The number of anilines is 1. The molecule has 0 aromatic heterocycles. The standard InChI is InChI=1S/C12H17N3O/c1-9-2-4-11(5-3-9)15-7-10(6-13)14-12(16)8-15/h2-5,10H,6-8,13H2,1H3,(H,14,16). The van der Waals surface area contributed by atoms with Crippen LogP contribution in [0.5, 0.6) is 0 Å². The van der Waals surface area contributed by atoms with Crippen LogP contribution in [0.25, 0.3) is 0 Å². The lowest BCUT2D eigenvalue weighted by Gasteiger charge is -2.34. The highest BCUT2D eigenvalue weighted by molar-refractivity contribution is 5.83. The molecule has 16 heavy (non-hydrogen) atoms. The highest BCUT2D eigenvalue weighted by Gasteiger charge is 2.23. The highest BCUT2D eigenvalue weighted by atomic mass is 16.2. The maximum absolute atomic E-state index is 11.5. The summed E-state index contributed by atoms with van der Waals surface area (Å²) in [6, 6.07) is 8.25. The average Bonchev–Trinajstić information content (AvgIpc) is 2.29. The van der Waals surface area contributed by atoms with Crippen molar-refractivity contribution in [3.05, 3.63) is 29.8 Å². The van der Waals surface area contributed by atoms with E-state index < -0.39 is 0 Å². The number of nitrogens with one attached hydrogen (secondary N) is 1. The number of nitrogens with zero attached hydrogens (tertiary/aromatic N) is 1. The van der Waals surface area contributed by atoms with Gasteiger partial charge in [-0.3, -0.25) is 4.79 Å². The number of piperazine rings is 1. The van der Waals surface area contributed by atoms with E-state index >= 15 is 0 Å². The molecule has 0 spiro atoms. The third kappa shape index (κ3) is 2.33. The Morgan fingerprint density at radius 3 is 2.75 bits per heavy atom. The Kier molecular flexibility index (Phi) is 3.10. The molecular weight excluding hydrogens is 202 g/mol. The van der Waals surface area contributed by atoms with Crippen molar-refractivity contribution in [1.29, 1.82) is 0 Å². The number of nitrogens with two attached hydrogens (primary N) is 1. The van der Waals surface area contributed by atoms with E-state index in [0.29, 0.717) is 13.1 Å². The van der Waals surface area contributed by atoms with Gasteiger partial charge in [0.2, 0.25) is 5.91 Å². The molecule has 1 heterocycles. The number of aryl methyl sites for hydroxylation is 1. The summed E-state index contributed by atoms with van der Waals surface area (Å²) in [6.45, 7) is 3.73. The number of hydrogen-bond acceptors (Lipinski definition) is 3. The van der Waals surface area contributed by atoms with Crippen molar-refractivity contribution in [2.75, 3.05) is 24.5 Å². The van der Waals surface area contributed by atoms with Gasteiger partial charge in [0.15, 0.2) is 0 Å². The summed E-state index contributed by atoms with van der Waals surface area (Å²) in [5.41, 5.74) is 7.89. The lowest BCUT2D eigenvalue weighted by molar-refractivity contribution is -0.121. The Labute approximate surface area is 95.4 Å². The molecule has 0 aliphatic carbocycles. The second-order valence-electron chi connectivity index (χ2n) is 4.22. The lowest BCUT2D eigenvalue weighted by Crippen LogP contribution is -2.56. The number of hydrogen-bond donors (Lipinski definition) is 2. The van der Waals surface area contributed by atoms with E-state index in [0.717, 1.165) is 12.2 Å². The molecule has 86 valence electrons. The predicted octanol–water partition coefficient (Wildman–Crippen LogP) is 0.259. The highest BCUT2D eigenvalue weighted by Crippen LogP contribution is 2.16. The summed E-state index contributed by atoms with van der Waals surface area (Å²) in [5.74, 6) is 0.0438. The SMILES string of the molecule is Cc1ccc(N2CC(=O)NC(CN)C2)cc1. The fraction of sp³-hybridized carbons (Fsp3) is 0.417. The van der Waals surface area contributed by atoms with Crippen LogP contribution in [-0.4, -0.2) is 31.6 Å². The van der Waals surface area contributed by atoms with Crippen LogP contribution in [0.2, 0.25) is 0 Å². The van der Waals surface area contributed by atoms with Crippen LogP contribution in [0, 0.1) is 6.92 Å². The van der Waals surface area contributed by atoms with Crippen molar-refractivity contribution in [2.45, 2.75) is 13.0 Å². The second kappa shape index (κ2) is 4.53. The van der Waals surface area contributed by atoms with Gasteiger partial charge in [-0.2, -0.15) is 0 Å². The first-order valence-electron chi connectivity index (χ1n) is 5.50. The fourth-order valence-corrected chi connectivity index (χ4v) is 1.91. The maximum atomic E-state index is 11.5. The number of amides is 1. The smallest absolute Gasteiger partial charge is 0.239 e. The minimum absolute atomic E-state index is 0.0438. The predicted molar refractivity (Wildman–Crippen MR) is 64.4 cm³/mol. The number of benzene rings is 1. The summed E-state index contributed by atoms with van der Waals surface area (Å²) >= 11 is 0. The van der Waals surface area contributed by atoms with Crippen molar-refractivity contribution in [3.63, 3.8) is 0 Å². The lowest BCUT2D eigenvalue weighted by atomic mass is 10.1. The molecule has 1 aromatic rings. The third-order valence-corrected chi connectivity index (χ3v) is 2.82. The molecule has 1 fully saturated rings. The van der Waals surface area contributed by atoms with Gasteiger partial charge >= 0.3 is 0 Å².